The van der Waals surface area contributed by atoms with Gasteiger partial charge in [-0.3, -0.25) is 9.69 Å². The first-order valence-electron chi connectivity index (χ1n) is 9.58. The number of aliphatic hydroxyl groups excluding tert-OH is 1. The number of rotatable bonds is 7. The van der Waals surface area contributed by atoms with Gasteiger partial charge in [-0.1, -0.05) is 43.2 Å². The van der Waals surface area contributed by atoms with Gasteiger partial charge in [-0.05, 0) is 41.9 Å². The van der Waals surface area contributed by atoms with Crippen LogP contribution in [0.5, 0.6) is 0 Å². The number of amides is 1. The molecule has 1 N–H and O–H groups in total. The number of carbonyl (C=O) groups excluding carboxylic acids is 1. The van der Waals surface area contributed by atoms with Crippen LogP contribution in [-0.4, -0.2) is 67.7 Å². The van der Waals surface area contributed by atoms with Crippen molar-refractivity contribution >= 4 is 5.91 Å². The van der Waals surface area contributed by atoms with Gasteiger partial charge in [-0.25, -0.2) is 4.68 Å². The Hall–Kier alpha value is -2.32. The molecule has 0 bridgehead atoms. The quantitative estimate of drug-likeness (QED) is 0.787. The van der Waals surface area contributed by atoms with E-state index in [1.54, 1.807) is 11.7 Å². The molecule has 0 unspecified atom stereocenters. The maximum absolute atomic E-state index is 12.6. The molecule has 0 radical (unpaired) electrons. The lowest BCUT2D eigenvalue weighted by Crippen LogP contribution is -2.35. The zero-order valence-corrected chi connectivity index (χ0v) is 15.9. The van der Waals surface area contributed by atoms with Gasteiger partial charge in [0.15, 0.2) is 5.82 Å². The minimum Gasteiger partial charge on any atom is -0.387 e. The molecular weight excluding hydrogens is 344 g/mol. The minimum atomic E-state index is -0.717. The Morgan fingerprint density at radius 2 is 1.89 bits per heavy atom. The van der Waals surface area contributed by atoms with E-state index in [0.29, 0.717) is 12.4 Å². The second kappa shape index (κ2) is 9.57. The first-order valence-corrected chi connectivity index (χ1v) is 9.58. The highest BCUT2D eigenvalue weighted by atomic mass is 16.3. The number of benzene rings is 1. The van der Waals surface area contributed by atoms with Crippen molar-refractivity contribution in [3.05, 3.63) is 41.7 Å². The van der Waals surface area contributed by atoms with E-state index in [1.165, 1.54) is 30.6 Å². The van der Waals surface area contributed by atoms with E-state index in [4.69, 9.17) is 0 Å². The van der Waals surface area contributed by atoms with Crippen LogP contribution in [0.1, 0.15) is 43.2 Å². The molecule has 8 nitrogen and oxygen atoms in total. The van der Waals surface area contributed by atoms with E-state index in [1.807, 2.05) is 30.3 Å². The fourth-order valence-corrected chi connectivity index (χ4v) is 3.34. The van der Waals surface area contributed by atoms with Gasteiger partial charge in [0.05, 0.1) is 19.2 Å². The highest BCUT2D eigenvalue weighted by molar-refractivity contribution is 5.75. The summed E-state index contributed by atoms with van der Waals surface area (Å²) in [6, 6.07) is 9.34. The highest BCUT2D eigenvalue weighted by Gasteiger charge is 2.19. The monoisotopic (exact) mass is 372 g/mol. The van der Waals surface area contributed by atoms with Crippen molar-refractivity contribution in [2.24, 2.45) is 0 Å². The topological polar surface area (TPSA) is 87.4 Å². The number of nitrogens with zero attached hydrogens (tertiary/aromatic N) is 6. The Kier molecular flexibility index (Phi) is 6.89. The molecule has 146 valence electrons. The van der Waals surface area contributed by atoms with Gasteiger partial charge >= 0.3 is 0 Å². The van der Waals surface area contributed by atoms with Gasteiger partial charge in [0.25, 0.3) is 0 Å². The third-order valence-corrected chi connectivity index (χ3v) is 5.01. The predicted octanol–water partition coefficient (Wildman–Crippen LogP) is 1.24. The summed E-state index contributed by atoms with van der Waals surface area (Å²) in [5.41, 5.74) is 0.793. The second-order valence-electron chi connectivity index (χ2n) is 7.14. The van der Waals surface area contributed by atoms with E-state index in [0.717, 1.165) is 18.7 Å². The maximum Gasteiger partial charge on any atom is 0.244 e. The van der Waals surface area contributed by atoms with E-state index >= 15 is 0 Å². The van der Waals surface area contributed by atoms with Crippen molar-refractivity contribution in [2.75, 3.05) is 26.7 Å². The predicted molar refractivity (Wildman–Crippen MR) is 101 cm³/mol. The number of aromatic nitrogens is 4. The summed E-state index contributed by atoms with van der Waals surface area (Å²) in [6.45, 7) is 3.06. The van der Waals surface area contributed by atoms with Gasteiger partial charge < -0.3 is 10.0 Å². The van der Waals surface area contributed by atoms with Crippen molar-refractivity contribution in [1.82, 2.24) is 30.0 Å². The van der Waals surface area contributed by atoms with E-state index in [9.17, 15) is 9.90 Å². The molecule has 2 aromatic rings. The van der Waals surface area contributed by atoms with Crippen molar-refractivity contribution in [2.45, 2.75) is 44.9 Å². The third kappa shape index (κ3) is 5.58. The minimum absolute atomic E-state index is 0.0776. The van der Waals surface area contributed by atoms with Crippen LogP contribution in [0.3, 0.4) is 0 Å². The van der Waals surface area contributed by atoms with E-state index in [2.05, 4.69) is 20.4 Å². The molecule has 0 saturated carbocycles. The van der Waals surface area contributed by atoms with Gasteiger partial charge in [-0.15, -0.1) is 5.10 Å². The number of hydrogen-bond donors (Lipinski definition) is 1. The van der Waals surface area contributed by atoms with Crippen LogP contribution in [0.25, 0.3) is 0 Å². The molecule has 27 heavy (non-hydrogen) atoms. The molecule has 1 saturated heterocycles. The maximum atomic E-state index is 12.6. The Morgan fingerprint density at radius 1 is 1.19 bits per heavy atom. The summed E-state index contributed by atoms with van der Waals surface area (Å²) in [6.07, 6.45) is 4.22. The molecule has 3 rings (SSSR count). The number of likely N-dealkylation sites (tertiary alicyclic amines) is 1. The van der Waals surface area contributed by atoms with Crippen molar-refractivity contribution in [1.29, 1.82) is 0 Å². The van der Waals surface area contributed by atoms with Gasteiger partial charge in [0, 0.05) is 7.05 Å². The average Bonchev–Trinajstić information content (AvgIpc) is 2.94. The largest absolute Gasteiger partial charge is 0.387 e. The molecule has 1 amide bonds. The van der Waals surface area contributed by atoms with Crippen LogP contribution >= 0.6 is 0 Å². The Bertz CT molecular complexity index is 712. The van der Waals surface area contributed by atoms with Crippen molar-refractivity contribution in [3.63, 3.8) is 0 Å². The molecule has 1 aromatic heterocycles. The molecule has 2 heterocycles. The van der Waals surface area contributed by atoms with Crippen LogP contribution in [0, 0.1) is 0 Å². The molecule has 1 aliphatic heterocycles. The molecule has 0 spiro atoms. The summed E-state index contributed by atoms with van der Waals surface area (Å²) >= 11 is 0. The summed E-state index contributed by atoms with van der Waals surface area (Å²) in [5, 5.41) is 22.1. The molecule has 1 aliphatic rings. The Labute approximate surface area is 159 Å². The molecule has 0 aliphatic carbocycles. The van der Waals surface area contributed by atoms with Crippen LogP contribution in [0.4, 0.5) is 0 Å². The lowest BCUT2D eigenvalue weighted by atomic mass is 10.1. The first-order chi connectivity index (χ1) is 13.1. The lowest BCUT2D eigenvalue weighted by Gasteiger charge is -2.22. The normalized spacial score (nSPS) is 16.7. The number of aliphatic hydroxyl groups is 1. The summed E-state index contributed by atoms with van der Waals surface area (Å²) in [5.74, 6) is 0.580. The molecule has 1 aromatic carbocycles. The Morgan fingerprint density at radius 3 is 2.59 bits per heavy atom. The van der Waals surface area contributed by atoms with Gasteiger partial charge in [0.1, 0.15) is 6.54 Å². The van der Waals surface area contributed by atoms with E-state index < -0.39 is 6.10 Å². The van der Waals surface area contributed by atoms with Gasteiger partial charge in [0.2, 0.25) is 5.91 Å². The number of likely N-dealkylation sites (N-methyl/N-ethyl adjacent to an activating group) is 1. The van der Waals surface area contributed by atoms with Crippen LogP contribution in [0.15, 0.2) is 30.3 Å². The zero-order chi connectivity index (χ0) is 19.1. The fourth-order valence-electron chi connectivity index (χ4n) is 3.34. The van der Waals surface area contributed by atoms with Crippen LogP contribution < -0.4 is 0 Å². The molecule has 1 atom stereocenters. The smallest absolute Gasteiger partial charge is 0.244 e. The zero-order valence-electron chi connectivity index (χ0n) is 15.9. The standard InChI is InChI=1S/C19H28N6O2/c1-23(13-17(26)16-9-5-4-6-10-16)19(27)15-25-18(20-21-22-25)14-24-11-7-2-3-8-12-24/h4-6,9-10,17,26H,2-3,7-8,11-15H2,1H3/t17-/m0/s1. The Balaban J connectivity index is 1.55. The summed E-state index contributed by atoms with van der Waals surface area (Å²) in [7, 11) is 1.69. The summed E-state index contributed by atoms with van der Waals surface area (Å²) in [4.78, 5) is 16.4. The fraction of sp³-hybridized carbons (Fsp3) is 0.579. The lowest BCUT2D eigenvalue weighted by molar-refractivity contribution is -0.132. The van der Waals surface area contributed by atoms with Crippen molar-refractivity contribution in [3.8, 4) is 0 Å². The van der Waals surface area contributed by atoms with Gasteiger partial charge in [-0.2, -0.15) is 0 Å². The van der Waals surface area contributed by atoms with Crippen LogP contribution in [-0.2, 0) is 17.9 Å². The molecule has 8 heteroatoms. The SMILES string of the molecule is CN(C[C@H](O)c1ccccc1)C(=O)Cn1nnnc1CN1CCCCCC1. The summed E-state index contributed by atoms with van der Waals surface area (Å²) < 4.78 is 1.57. The number of carbonyl (C=O) groups is 1. The molecular formula is C19H28N6O2. The van der Waals surface area contributed by atoms with Crippen molar-refractivity contribution < 1.29 is 9.90 Å². The first kappa shape index (κ1) is 19.4. The third-order valence-electron chi connectivity index (χ3n) is 5.01. The highest BCUT2D eigenvalue weighted by Crippen LogP contribution is 2.14. The number of tetrazole rings is 1. The average molecular weight is 372 g/mol. The van der Waals surface area contributed by atoms with Crippen LogP contribution in [0.2, 0.25) is 0 Å². The second-order valence-corrected chi connectivity index (χ2v) is 7.14. The molecule has 1 fully saturated rings. The number of hydrogen-bond acceptors (Lipinski definition) is 6. The van der Waals surface area contributed by atoms with E-state index in [-0.39, 0.29) is 19.0 Å².